The summed E-state index contributed by atoms with van der Waals surface area (Å²) in [5.74, 6) is 0.0197. The van der Waals surface area contributed by atoms with E-state index in [1.165, 1.54) is 42.6 Å². The van der Waals surface area contributed by atoms with Gasteiger partial charge in [-0.05, 0) is 55.0 Å². The van der Waals surface area contributed by atoms with Crippen molar-refractivity contribution in [1.29, 1.82) is 0 Å². The summed E-state index contributed by atoms with van der Waals surface area (Å²) < 4.78 is 31.3. The third-order valence-corrected chi connectivity index (χ3v) is 7.31. The standard InChI is InChI=1S/C27H19FN2O5S/c1-13-4-8-18-16(10-13)24(31)22-23(14-5-9-19(33-2)20(11-14)34-3)30(26(32)25(22)35-18)27-29-17-7-6-15(28)12-21(17)36-27/h4-12,23H,1-3H3/t23-/m0/s1. The van der Waals surface area contributed by atoms with Gasteiger partial charge in [0, 0.05) is 0 Å². The van der Waals surface area contributed by atoms with Crippen LogP contribution in [0.2, 0.25) is 0 Å². The van der Waals surface area contributed by atoms with Gasteiger partial charge in [0.15, 0.2) is 22.1 Å². The van der Waals surface area contributed by atoms with E-state index >= 15 is 0 Å². The quantitative estimate of drug-likeness (QED) is 0.317. The van der Waals surface area contributed by atoms with E-state index in [1.54, 1.807) is 36.4 Å². The summed E-state index contributed by atoms with van der Waals surface area (Å²) in [4.78, 5) is 33.6. The zero-order valence-electron chi connectivity index (χ0n) is 19.5. The molecule has 1 aliphatic rings. The van der Waals surface area contributed by atoms with Crippen LogP contribution in [0, 0.1) is 12.7 Å². The molecule has 0 fully saturated rings. The van der Waals surface area contributed by atoms with Gasteiger partial charge in [0.05, 0.1) is 41.4 Å². The van der Waals surface area contributed by atoms with Crippen LogP contribution in [0.25, 0.3) is 21.2 Å². The molecule has 5 aromatic rings. The lowest BCUT2D eigenvalue weighted by Crippen LogP contribution is -2.29. The number of carbonyl (C=O) groups excluding carboxylic acids is 1. The summed E-state index contributed by atoms with van der Waals surface area (Å²) in [6.07, 6.45) is 0. The van der Waals surface area contributed by atoms with Gasteiger partial charge in [0.2, 0.25) is 5.76 Å². The minimum absolute atomic E-state index is 0.0402. The highest BCUT2D eigenvalue weighted by molar-refractivity contribution is 7.22. The number of aryl methyl sites for hydroxylation is 1. The molecule has 3 heterocycles. The summed E-state index contributed by atoms with van der Waals surface area (Å²) >= 11 is 1.17. The van der Waals surface area contributed by atoms with Crippen LogP contribution in [0.1, 0.15) is 33.3 Å². The molecule has 0 saturated carbocycles. The van der Waals surface area contributed by atoms with Crippen molar-refractivity contribution < 1.29 is 23.1 Å². The molecule has 3 aromatic carbocycles. The minimum atomic E-state index is -0.834. The Morgan fingerprint density at radius 2 is 1.81 bits per heavy atom. The fraction of sp³-hybridized carbons (Fsp3) is 0.148. The second-order valence-corrected chi connectivity index (χ2v) is 9.48. The van der Waals surface area contributed by atoms with Crippen LogP contribution in [-0.4, -0.2) is 25.1 Å². The number of aromatic nitrogens is 1. The third kappa shape index (κ3) is 3.27. The second kappa shape index (κ2) is 8.17. The van der Waals surface area contributed by atoms with Crippen molar-refractivity contribution in [2.75, 3.05) is 19.1 Å². The van der Waals surface area contributed by atoms with E-state index in [2.05, 4.69) is 4.98 Å². The number of ether oxygens (including phenoxy) is 2. The number of anilines is 1. The monoisotopic (exact) mass is 502 g/mol. The van der Waals surface area contributed by atoms with Crippen LogP contribution in [0.5, 0.6) is 11.5 Å². The van der Waals surface area contributed by atoms with Gasteiger partial charge in [0.25, 0.3) is 5.91 Å². The predicted octanol–water partition coefficient (Wildman–Crippen LogP) is 5.62. The number of methoxy groups -OCH3 is 2. The second-order valence-electron chi connectivity index (χ2n) is 8.47. The van der Waals surface area contributed by atoms with Crippen molar-refractivity contribution in [1.82, 2.24) is 4.98 Å². The molecular formula is C27H19FN2O5S. The van der Waals surface area contributed by atoms with Crippen molar-refractivity contribution in [3.8, 4) is 11.5 Å². The molecule has 1 atom stereocenters. The van der Waals surface area contributed by atoms with E-state index < -0.39 is 17.8 Å². The molecule has 6 rings (SSSR count). The lowest BCUT2D eigenvalue weighted by molar-refractivity contribution is 0.0971. The summed E-state index contributed by atoms with van der Waals surface area (Å²) in [5, 5.41) is 0.715. The van der Waals surface area contributed by atoms with Crippen molar-refractivity contribution in [2.45, 2.75) is 13.0 Å². The number of rotatable bonds is 4. The topological polar surface area (TPSA) is 81.9 Å². The Morgan fingerprint density at radius 3 is 2.58 bits per heavy atom. The van der Waals surface area contributed by atoms with E-state index in [0.717, 1.165) is 5.56 Å². The number of nitrogens with zero attached hydrogens (tertiary/aromatic N) is 2. The maximum Gasteiger partial charge on any atom is 0.297 e. The molecule has 180 valence electrons. The first-order chi connectivity index (χ1) is 17.4. The average molecular weight is 503 g/mol. The number of amides is 1. The SMILES string of the molecule is COc1ccc([C@H]2c3c(oc4ccc(C)cc4c3=O)C(=O)N2c2nc3ccc(F)cc3s2)cc1OC. The Balaban J connectivity index is 1.64. The Labute approximate surface area is 208 Å². The van der Waals surface area contributed by atoms with Crippen LogP contribution in [0.4, 0.5) is 9.52 Å². The predicted molar refractivity (Wildman–Crippen MR) is 135 cm³/mol. The van der Waals surface area contributed by atoms with E-state index in [-0.39, 0.29) is 16.8 Å². The normalized spacial score (nSPS) is 15.1. The van der Waals surface area contributed by atoms with Gasteiger partial charge >= 0.3 is 0 Å². The maximum absolute atomic E-state index is 13.9. The lowest BCUT2D eigenvalue weighted by atomic mass is 9.98. The molecule has 9 heteroatoms. The molecular weight excluding hydrogens is 483 g/mol. The zero-order chi connectivity index (χ0) is 25.1. The molecule has 2 aromatic heterocycles. The van der Waals surface area contributed by atoms with Crippen LogP contribution < -0.4 is 19.8 Å². The molecule has 0 bridgehead atoms. The Kier molecular flexibility index (Phi) is 5.04. The number of fused-ring (bicyclic) bond motifs is 3. The van der Waals surface area contributed by atoms with Crippen LogP contribution in [0.15, 0.2) is 63.8 Å². The molecule has 0 aliphatic carbocycles. The van der Waals surface area contributed by atoms with Crippen LogP contribution >= 0.6 is 11.3 Å². The van der Waals surface area contributed by atoms with Crippen molar-refractivity contribution in [2.24, 2.45) is 0 Å². The average Bonchev–Trinajstić information content (AvgIpc) is 3.42. The molecule has 0 unspecified atom stereocenters. The molecule has 1 aliphatic heterocycles. The lowest BCUT2D eigenvalue weighted by Gasteiger charge is -2.23. The highest BCUT2D eigenvalue weighted by Crippen LogP contribution is 2.45. The van der Waals surface area contributed by atoms with Gasteiger partial charge in [-0.2, -0.15) is 0 Å². The highest BCUT2D eigenvalue weighted by Gasteiger charge is 2.45. The number of carbonyl (C=O) groups is 1. The van der Waals surface area contributed by atoms with Gasteiger partial charge in [0.1, 0.15) is 11.4 Å². The minimum Gasteiger partial charge on any atom is -0.493 e. The number of thiazole rings is 1. The number of hydrogen-bond donors (Lipinski definition) is 0. The van der Waals surface area contributed by atoms with Gasteiger partial charge in [-0.25, -0.2) is 9.37 Å². The first kappa shape index (κ1) is 22.2. The highest BCUT2D eigenvalue weighted by atomic mass is 32.1. The fourth-order valence-electron chi connectivity index (χ4n) is 4.61. The molecule has 0 radical (unpaired) electrons. The number of hydrogen-bond acceptors (Lipinski definition) is 7. The third-order valence-electron chi connectivity index (χ3n) is 6.29. The van der Waals surface area contributed by atoms with E-state index in [9.17, 15) is 14.0 Å². The molecule has 1 amide bonds. The van der Waals surface area contributed by atoms with Gasteiger partial charge < -0.3 is 13.9 Å². The van der Waals surface area contributed by atoms with Crippen molar-refractivity contribution >= 4 is 43.6 Å². The molecule has 7 nitrogen and oxygen atoms in total. The zero-order valence-corrected chi connectivity index (χ0v) is 20.3. The van der Waals surface area contributed by atoms with Gasteiger partial charge in [-0.1, -0.05) is 29.0 Å². The summed E-state index contributed by atoms with van der Waals surface area (Å²) in [6.45, 7) is 1.88. The van der Waals surface area contributed by atoms with E-state index in [0.29, 0.717) is 43.4 Å². The van der Waals surface area contributed by atoms with Crippen molar-refractivity contribution in [3.63, 3.8) is 0 Å². The largest absolute Gasteiger partial charge is 0.493 e. The first-order valence-electron chi connectivity index (χ1n) is 11.1. The smallest absolute Gasteiger partial charge is 0.297 e. The summed E-state index contributed by atoms with van der Waals surface area (Å²) in [6, 6.07) is 13.9. The maximum atomic E-state index is 13.9. The van der Waals surface area contributed by atoms with Crippen LogP contribution in [-0.2, 0) is 0 Å². The van der Waals surface area contributed by atoms with Gasteiger partial charge in [-0.15, -0.1) is 0 Å². The van der Waals surface area contributed by atoms with E-state index in [4.69, 9.17) is 13.9 Å². The van der Waals surface area contributed by atoms with Crippen LogP contribution in [0.3, 0.4) is 0 Å². The Bertz CT molecular complexity index is 1760. The number of halogens is 1. The Morgan fingerprint density at radius 1 is 1.00 bits per heavy atom. The fourth-order valence-corrected chi connectivity index (χ4v) is 5.63. The molecule has 0 saturated heterocycles. The van der Waals surface area contributed by atoms with E-state index in [1.807, 2.05) is 13.0 Å². The summed E-state index contributed by atoms with van der Waals surface area (Å²) in [5.41, 5.74) is 2.31. The number of benzene rings is 3. The Hall–Kier alpha value is -4.24. The molecule has 0 N–H and O–H groups in total. The molecule has 0 spiro atoms. The van der Waals surface area contributed by atoms with Crippen molar-refractivity contribution in [3.05, 3.63) is 93.1 Å². The van der Waals surface area contributed by atoms with Gasteiger partial charge in [-0.3, -0.25) is 14.5 Å². The summed E-state index contributed by atoms with van der Waals surface area (Å²) in [7, 11) is 3.04. The molecule has 36 heavy (non-hydrogen) atoms. The first-order valence-corrected chi connectivity index (χ1v) is 11.9.